The third kappa shape index (κ3) is 4.68. The lowest BCUT2D eigenvalue weighted by Crippen LogP contribution is -2.66. The number of halogens is 3. The van der Waals surface area contributed by atoms with Crippen molar-refractivity contribution >= 4 is 17.6 Å². The van der Waals surface area contributed by atoms with E-state index < -0.39 is 48.4 Å². The van der Waals surface area contributed by atoms with Gasteiger partial charge in [0.25, 0.3) is 0 Å². The SMILES string of the molecule is NC(=O)C1CCN(C2C3OCC(O3)C(NC(=O)Nc3cccc(C(F)(F)F)c3)C2O)CC1. The summed E-state index contributed by atoms with van der Waals surface area (Å²) >= 11 is 0. The number of hydrogen-bond donors (Lipinski definition) is 4. The lowest BCUT2D eigenvalue weighted by molar-refractivity contribution is -0.184. The number of ether oxygens (including phenoxy) is 2. The number of anilines is 1. The zero-order chi connectivity index (χ0) is 23.0. The minimum atomic E-state index is -4.53. The molecule has 3 saturated heterocycles. The molecule has 3 amide bonds. The van der Waals surface area contributed by atoms with Gasteiger partial charge in [-0.2, -0.15) is 13.2 Å². The number of nitrogens with two attached hydrogens (primary N) is 1. The average molecular weight is 458 g/mol. The molecule has 3 aliphatic heterocycles. The van der Waals surface area contributed by atoms with Crippen molar-refractivity contribution in [2.45, 2.75) is 49.6 Å². The molecule has 5 N–H and O–H groups in total. The molecular formula is C20H25F3N4O5. The van der Waals surface area contributed by atoms with Crippen molar-refractivity contribution in [1.29, 1.82) is 0 Å². The normalized spacial score (nSPS) is 31.3. The van der Waals surface area contributed by atoms with Gasteiger partial charge in [0, 0.05) is 11.6 Å². The van der Waals surface area contributed by atoms with Gasteiger partial charge in [0.05, 0.1) is 30.4 Å². The summed E-state index contributed by atoms with van der Waals surface area (Å²) in [5.41, 5.74) is 4.46. The standard InChI is InChI=1S/C20H25F3N4O5/c21-20(22,23)11-2-1-3-12(8-11)25-19(30)26-14-13-9-31-18(32-13)15(16(14)28)27-6-4-10(5-7-27)17(24)29/h1-3,8,10,13-16,18,28H,4-7,9H2,(H2,24,29)(H2,25,26,30). The first kappa shape index (κ1) is 22.8. The molecular weight excluding hydrogens is 433 g/mol. The second-order valence-corrected chi connectivity index (χ2v) is 8.27. The van der Waals surface area contributed by atoms with E-state index in [0.717, 1.165) is 12.1 Å². The van der Waals surface area contributed by atoms with Gasteiger partial charge in [0.15, 0.2) is 6.29 Å². The largest absolute Gasteiger partial charge is 0.416 e. The van der Waals surface area contributed by atoms with Crippen LogP contribution < -0.4 is 16.4 Å². The molecule has 5 atom stereocenters. The Kier molecular flexibility index (Phi) is 6.30. The number of carbonyl (C=O) groups is 2. The number of aliphatic hydroxyl groups is 1. The summed E-state index contributed by atoms with van der Waals surface area (Å²) in [4.78, 5) is 25.9. The van der Waals surface area contributed by atoms with Crippen LogP contribution >= 0.6 is 0 Å². The van der Waals surface area contributed by atoms with Crippen LogP contribution in [0.2, 0.25) is 0 Å². The van der Waals surface area contributed by atoms with E-state index in [4.69, 9.17) is 15.2 Å². The molecule has 176 valence electrons. The van der Waals surface area contributed by atoms with Crippen molar-refractivity contribution in [3.8, 4) is 0 Å². The van der Waals surface area contributed by atoms with Crippen molar-refractivity contribution in [2.75, 3.05) is 25.0 Å². The van der Waals surface area contributed by atoms with Crippen molar-refractivity contribution in [1.82, 2.24) is 10.2 Å². The van der Waals surface area contributed by atoms with E-state index in [1.54, 1.807) is 0 Å². The smallest absolute Gasteiger partial charge is 0.389 e. The first-order chi connectivity index (χ1) is 15.1. The van der Waals surface area contributed by atoms with Gasteiger partial charge in [-0.15, -0.1) is 0 Å². The molecule has 5 unspecified atom stereocenters. The topological polar surface area (TPSA) is 126 Å². The zero-order valence-electron chi connectivity index (χ0n) is 17.0. The number of urea groups is 1. The fourth-order valence-electron chi connectivity index (χ4n) is 4.54. The Balaban J connectivity index is 1.41. The predicted octanol–water partition coefficient (Wildman–Crippen LogP) is 0.877. The Morgan fingerprint density at radius 3 is 2.59 bits per heavy atom. The molecule has 3 fully saturated rings. The highest BCUT2D eigenvalue weighted by atomic mass is 19.4. The molecule has 9 nitrogen and oxygen atoms in total. The van der Waals surface area contributed by atoms with Gasteiger partial charge in [0.2, 0.25) is 5.91 Å². The number of piperidine rings is 1. The van der Waals surface area contributed by atoms with Crippen molar-refractivity contribution in [3.05, 3.63) is 29.8 Å². The monoisotopic (exact) mass is 458 g/mol. The summed E-state index contributed by atoms with van der Waals surface area (Å²) in [6.45, 7) is 1.17. The quantitative estimate of drug-likeness (QED) is 0.531. The van der Waals surface area contributed by atoms with Gasteiger partial charge in [0.1, 0.15) is 6.10 Å². The minimum absolute atomic E-state index is 0.0332. The van der Waals surface area contributed by atoms with Crippen molar-refractivity contribution in [2.24, 2.45) is 11.7 Å². The lowest BCUT2D eigenvalue weighted by Gasteiger charge is -2.45. The van der Waals surface area contributed by atoms with E-state index in [2.05, 4.69) is 10.6 Å². The number of alkyl halides is 3. The summed E-state index contributed by atoms with van der Waals surface area (Å²) in [7, 11) is 0. The first-order valence-electron chi connectivity index (χ1n) is 10.4. The molecule has 32 heavy (non-hydrogen) atoms. The number of primary amides is 1. The van der Waals surface area contributed by atoms with Crippen molar-refractivity contribution < 1.29 is 37.3 Å². The molecule has 0 aromatic heterocycles. The van der Waals surface area contributed by atoms with Crippen LogP contribution in [0.15, 0.2) is 24.3 Å². The summed E-state index contributed by atoms with van der Waals surface area (Å²) < 4.78 is 50.2. The van der Waals surface area contributed by atoms with Gasteiger partial charge >= 0.3 is 12.2 Å². The molecule has 0 spiro atoms. The maximum absolute atomic E-state index is 12.9. The number of carbonyl (C=O) groups excluding carboxylic acids is 2. The molecule has 3 heterocycles. The first-order valence-corrected chi connectivity index (χ1v) is 10.4. The highest BCUT2D eigenvalue weighted by Gasteiger charge is 2.53. The Morgan fingerprint density at radius 2 is 1.94 bits per heavy atom. The van der Waals surface area contributed by atoms with Gasteiger partial charge in [-0.3, -0.25) is 9.69 Å². The number of fused-ring (bicyclic) bond motifs is 2. The molecule has 1 aromatic carbocycles. The van der Waals surface area contributed by atoms with E-state index in [0.29, 0.717) is 25.9 Å². The lowest BCUT2D eigenvalue weighted by atomic mass is 9.90. The third-order valence-electron chi connectivity index (χ3n) is 6.23. The molecule has 1 aromatic rings. The number of nitrogens with zero attached hydrogens (tertiary/aromatic N) is 1. The Hall–Kier alpha value is -2.41. The summed E-state index contributed by atoms with van der Waals surface area (Å²) in [5, 5.41) is 16.0. The Bertz CT molecular complexity index is 862. The predicted molar refractivity (Wildman–Crippen MR) is 105 cm³/mol. The number of nitrogens with one attached hydrogen (secondary N) is 2. The number of aliphatic hydroxyl groups excluding tert-OH is 1. The van der Waals surface area contributed by atoms with E-state index >= 15 is 0 Å². The third-order valence-corrected chi connectivity index (χ3v) is 6.23. The van der Waals surface area contributed by atoms with E-state index in [9.17, 15) is 27.9 Å². The van der Waals surface area contributed by atoms with Crippen LogP contribution in [0.3, 0.4) is 0 Å². The molecule has 0 saturated carbocycles. The Morgan fingerprint density at radius 1 is 1.22 bits per heavy atom. The number of amides is 3. The number of rotatable bonds is 4. The number of likely N-dealkylation sites (tertiary alicyclic amines) is 1. The second-order valence-electron chi connectivity index (χ2n) is 8.27. The highest BCUT2D eigenvalue weighted by molar-refractivity contribution is 5.89. The maximum atomic E-state index is 12.9. The van der Waals surface area contributed by atoms with Crippen LogP contribution in [0.5, 0.6) is 0 Å². The fourth-order valence-corrected chi connectivity index (χ4v) is 4.54. The Labute approximate surface area is 182 Å². The molecule has 4 rings (SSSR count). The molecule has 0 aliphatic carbocycles. The molecule has 3 aliphatic rings. The van der Waals surface area contributed by atoms with Gasteiger partial charge in [-0.1, -0.05) is 6.07 Å². The van der Waals surface area contributed by atoms with Crippen LogP contribution in [-0.2, 0) is 20.4 Å². The van der Waals surface area contributed by atoms with Gasteiger partial charge in [-0.05, 0) is 44.1 Å². The van der Waals surface area contributed by atoms with Crippen molar-refractivity contribution in [3.63, 3.8) is 0 Å². The molecule has 12 heteroatoms. The van der Waals surface area contributed by atoms with Gasteiger partial charge in [-0.25, -0.2) is 4.79 Å². The van der Waals surface area contributed by atoms with Gasteiger partial charge < -0.3 is 30.9 Å². The van der Waals surface area contributed by atoms with E-state index in [1.807, 2.05) is 4.90 Å². The number of benzene rings is 1. The van der Waals surface area contributed by atoms with E-state index in [1.165, 1.54) is 12.1 Å². The summed E-state index contributed by atoms with van der Waals surface area (Å²) in [6, 6.07) is 2.09. The maximum Gasteiger partial charge on any atom is 0.416 e. The van der Waals surface area contributed by atoms with E-state index in [-0.39, 0.29) is 24.1 Å². The second kappa shape index (κ2) is 8.85. The minimum Gasteiger partial charge on any atom is -0.389 e. The summed E-state index contributed by atoms with van der Waals surface area (Å²) in [6.07, 6.45) is -5.76. The van der Waals surface area contributed by atoms with Crippen LogP contribution in [-0.4, -0.2) is 72.2 Å². The van der Waals surface area contributed by atoms with Crippen LogP contribution in [0.4, 0.5) is 23.7 Å². The zero-order valence-corrected chi connectivity index (χ0v) is 17.0. The van der Waals surface area contributed by atoms with Crippen LogP contribution in [0.1, 0.15) is 18.4 Å². The number of hydrogen-bond acceptors (Lipinski definition) is 6. The average Bonchev–Trinajstić information content (AvgIpc) is 3.16. The fraction of sp³-hybridized carbons (Fsp3) is 0.600. The summed E-state index contributed by atoms with van der Waals surface area (Å²) in [5.74, 6) is -0.578. The van der Waals surface area contributed by atoms with Crippen LogP contribution in [0, 0.1) is 5.92 Å². The molecule has 0 radical (unpaired) electrons. The highest BCUT2D eigenvalue weighted by Crippen LogP contribution is 2.34. The van der Waals surface area contributed by atoms with Crippen LogP contribution in [0.25, 0.3) is 0 Å². The molecule has 2 bridgehead atoms.